The maximum Gasteiger partial charge on any atom is 0.416 e. The first-order valence-corrected chi connectivity index (χ1v) is 9.02. The Bertz CT molecular complexity index is 660. The van der Waals surface area contributed by atoms with Crippen LogP contribution in [-0.2, 0) is 15.8 Å². The minimum absolute atomic E-state index is 0.101. The fourth-order valence-electron chi connectivity index (χ4n) is 3.33. The standard InChI is InChI=1S/C19H23F3N2O2/c1-12(13-4-6-16(7-5-13)19(20,21)22)23-17(25)14-8-10-24(11-9-14)18(26)15-2-3-15/h4-7,12,14-15H,2-3,8-11H2,1H3,(H,23,25)/t12-/m0/s1. The number of nitrogens with one attached hydrogen (secondary N) is 1. The molecule has 1 aromatic rings. The van der Waals surface area contributed by atoms with E-state index in [-0.39, 0.29) is 29.7 Å². The molecule has 7 heteroatoms. The van der Waals surface area contributed by atoms with E-state index >= 15 is 0 Å². The first-order chi connectivity index (χ1) is 12.3. The van der Waals surface area contributed by atoms with Gasteiger partial charge in [0.05, 0.1) is 11.6 Å². The molecule has 0 spiro atoms. The number of hydrogen-bond donors (Lipinski definition) is 1. The van der Waals surface area contributed by atoms with Crippen LogP contribution in [0.15, 0.2) is 24.3 Å². The lowest BCUT2D eigenvalue weighted by Crippen LogP contribution is -2.44. The highest BCUT2D eigenvalue weighted by Crippen LogP contribution is 2.33. The molecule has 26 heavy (non-hydrogen) atoms. The molecular weight excluding hydrogens is 345 g/mol. The van der Waals surface area contributed by atoms with Crippen molar-refractivity contribution in [2.75, 3.05) is 13.1 Å². The number of amides is 2. The van der Waals surface area contributed by atoms with Crippen molar-refractivity contribution in [2.45, 2.75) is 44.8 Å². The number of nitrogens with zero attached hydrogens (tertiary/aromatic N) is 1. The van der Waals surface area contributed by atoms with Crippen molar-refractivity contribution in [3.8, 4) is 0 Å². The molecule has 1 aliphatic heterocycles. The molecule has 2 amide bonds. The molecule has 2 fully saturated rings. The summed E-state index contributed by atoms with van der Waals surface area (Å²) in [5, 5.41) is 2.88. The van der Waals surface area contributed by atoms with Crippen molar-refractivity contribution in [1.82, 2.24) is 10.2 Å². The van der Waals surface area contributed by atoms with Gasteiger partial charge in [-0.25, -0.2) is 0 Å². The Kier molecular flexibility index (Phi) is 5.25. The Morgan fingerprint density at radius 2 is 1.62 bits per heavy atom. The predicted molar refractivity (Wildman–Crippen MR) is 90.0 cm³/mol. The Labute approximate surface area is 150 Å². The Hall–Kier alpha value is -2.05. The van der Waals surface area contributed by atoms with Gasteiger partial charge in [0.2, 0.25) is 11.8 Å². The molecule has 3 rings (SSSR count). The molecule has 1 heterocycles. The van der Waals surface area contributed by atoms with Gasteiger partial charge in [-0.3, -0.25) is 9.59 Å². The van der Waals surface area contributed by atoms with Crippen molar-refractivity contribution in [1.29, 1.82) is 0 Å². The average Bonchev–Trinajstić information content (AvgIpc) is 3.45. The molecule has 1 N–H and O–H groups in total. The van der Waals surface area contributed by atoms with E-state index in [2.05, 4.69) is 5.32 Å². The number of carbonyl (C=O) groups excluding carboxylic acids is 2. The van der Waals surface area contributed by atoms with E-state index in [0.29, 0.717) is 31.5 Å². The summed E-state index contributed by atoms with van der Waals surface area (Å²) in [4.78, 5) is 26.3. The second-order valence-electron chi connectivity index (χ2n) is 7.22. The minimum Gasteiger partial charge on any atom is -0.349 e. The summed E-state index contributed by atoms with van der Waals surface area (Å²) in [5.74, 6) is 0.146. The molecule has 142 valence electrons. The zero-order valence-corrected chi connectivity index (χ0v) is 14.7. The normalized spacial score (nSPS) is 19.9. The zero-order valence-electron chi connectivity index (χ0n) is 14.7. The molecule has 4 nitrogen and oxygen atoms in total. The molecule has 1 aromatic carbocycles. The highest BCUT2D eigenvalue weighted by atomic mass is 19.4. The maximum absolute atomic E-state index is 12.6. The largest absolute Gasteiger partial charge is 0.416 e. The molecule has 0 unspecified atom stereocenters. The summed E-state index contributed by atoms with van der Waals surface area (Å²) < 4.78 is 37.9. The van der Waals surface area contributed by atoms with Crippen LogP contribution in [0.5, 0.6) is 0 Å². The lowest BCUT2D eigenvalue weighted by atomic mass is 9.94. The topological polar surface area (TPSA) is 49.4 Å². The van der Waals surface area contributed by atoms with E-state index in [1.54, 1.807) is 6.92 Å². The van der Waals surface area contributed by atoms with Crippen molar-refractivity contribution < 1.29 is 22.8 Å². The predicted octanol–water partition coefficient (Wildman–Crippen LogP) is 3.53. The van der Waals surface area contributed by atoms with Crippen LogP contribution in [0, 0.1) is 11.8 Å². The molecule has 1 saturated heterocycles. The number of hydrogen-bond acceptors (Lipinski definition) is 2. The van der Waals surface area contributed by atoms with Gasteiger partial charge >= 0.3 is 6.18 Å². The summed E-state index contributed by atoms with van der Waals surface area (Å²) in [6.07, 6.45) is -1.15. The molecular formula is C19H23F3N2O2. The fraction of sp³-hybridized carbons (Fsp3) is 0.579. The number of halogens is 3. The van der Waals surface area contributed by atoms with Gasteiger partial charge in [0.15, 0.2) is 0 Å². The summed E-state index contributed by atoms with van der Waals surface area (Å²) >= 11 is 0. The van der Waals surface area contributed by atoms with Crippen LogP contribution < -0.4 is 5.32 Å². The van der Waals surface area contributed by atoms with Crippen molar-refractivity contribution in [3.63, 3.8) is 0 Å². The highest BCUT2D eigenvalue weighted by molar-refractivity contribution is 5.82. The van der Waals surface area contributed by atoms with Crippen molar-refractivity contribution >= 4 is 11.8 Å². The number of rotatable bonds is 4. The maximum atomic E-state index is 12.6. The summed E-state index contributed by atoms with van der Waals surface area (Å²) in [5.41, 5.74) is -0.0693. The first kappa shape index (κ1) is 18.7. The first-order valence-electron chi connectivity index (χ1n) is 9.02. The molecule has 0 aromatic heterocycles. The lowest BCUT2D eigenvalue weighted by molar-refractivity contribution is -0.137. The second-order valence-corrected chi connectivity index (χ2v) is 7.22. The van der Waals surface area contributed by atoms with E-state index in [9.17, 15) is 22.8 Å². The van der Waals surface area contributed by atoms with Gasteiger partial charge in [0.1, 0.15) is 0 Å². The van der Waals surface area contributed by atoms with Gasteiger partial charge in [-0.1, -0.05) is 12.1 Å². The minimum atomic E-state index is -4.36. The Balaban J connectivity index is 1.50. The number of piperidine rings is 1. The smallest absolute Gasteiger partial charge is 0.349 e. The zero-order chi connectivity index (χ0) is 18.9. The molecule has 2 aliphatic rings. The van der Waals surface area contributed by atoms with E-state index < -0.39 is 11.7 Å². The van der Waals surface area contributed by atoms with Gasteiger partial charge < -0.3 is 10.2 Å². The van der Waals surface area contributed by atoms with Crippen LogP contribution in [0.4, 0.5) is 13.2 Å². The van der Waals surface area contributed by atoms with Crippen LogP contribution in [0.2, 0.25) is 0 Å². The number of carbonyl (C=O) groups is 2. The highest BCUT2D eigenvalue weighted by Gasteiger charge is 2.36. The van der Waals surface area contributed by atoms with Gasteiger partial charge in [-0.2, -0.15) is 13.2 Å². The second kappa shape index (κ2) is 7.29. The molecule has 1 aliphatic carbocycles. The third-order valence-corrected chi connectivity index (χ3v) is 5.20. The number of likely N-dealkylation sites (tertiary alicyclic amines) is 1. The summed E-state index contributed by atoms with van der Waals surface area (Å²) in [6, 6.07) is 4.48. The summed E-state index contributed by atoms with van der Waals surface area (Å²) in [7, 11) is 0. The third kappa shape index (κ3) is 4.37. The van der Waals surface area contributed by atoms with Gasteiger partial charge in [-0.15, -0.1) is 0 Å². The van der Waals surface area contributed by atoms with Crippen molar-refractivity contribution in [2.24, 2.45) is 11.8 Å². The molecule has 1 atom stereocenters. The van der Waals surface area contributed by atoms with Gasteiger partial charge in [0.25, 0.3) is 0 Å². The van der Waals surface area contributed by atoms with Crippen LogP contribution in [0.25, 0.3) is 0 Å². The Morgan fingerprint density at radius 3 is 2.12 bits per heavy atom. The molecule has 0 bridgehead atoms. The van der Waals surface area contributed by atoms with Crippen LogP contribution in [0.1, 0.15) is 49.8 Å². The molecule has 0 radical (unpaired) electrons. The Morgan fingerprint density at radius 1 is 1.04 bits per heavy atom. The van der Waals surface area contributed by atoms with E-state index in [0.717, 1.165) is 25.0 Å². The summed E-state index contributed by atoms with van der Waals surface area (Å²) in [6.45, 7) is 2.95. The lowest BCUT2D eigenvalue weighted by Gasteiger charge is -2.32. The monoisotopic (exact) mass is 368 g/mol. The SMILES string of the molecule is C[C@H](NC(=O)C1CCN(C(=O)C2CC2)CC1)c1ccc(C(F)(F)F)cc1. The quantitative estimate of drug-likeness (QED) is 0.884. The number of benzene rings is 1. The van der Waals surface area contributed by atoms with Crippen LogP contribution in [0.3, 0.4) is 0 Å². The number of alkyl halides is 3. The average molecular weight is 368 g/mol. The van der Waals surface area contributed by atoms with E-state index in [4.69, 9.17) is 0 Å². The van der Waals surface area contributed by atoms with E-state index in [1.807, 2.05) is 4.90 Å². The fourth-order valence-corrected chi connectivity index (χ4v) is 3.33. The molecule has 1 saturated carbocycles. The van der Waals surface area contributed by atoms with E-state index in [1.165, 1.54) is 12.1 Å². The van der Waals surface area contributed by atoms with Gasteiger partial charge in [-0.05, 0) is 50.3 Å². The van der Waals surface area contributed by atoms with Crippen LogP contribution >= 0.6 is 0 Å². The third-order valence-electron chi connectivity index (χ3n) is 5.20. The van der Waals surface area contributed by atoms with Gasteiger partial charge in [0, 0.05) is 24.9 Å². The van der Waals surface area contributed by atoms with Crippen molar-refractivity contribution in [3.05, 3.63) is 35.4 Å². The van der Waals surface area contributed by atoms with Crippen LogP contribution in [-0.4, -0.2) is 29.8 Å².